The van der Waals surface area contributed by atoms with Gasteiger partial charge >= 0.3 is 0 Å². The van der Waals surface area contributed by atoms with Crippen molar-refractivity contribution >= 4 is 16.9 Å². The van der Waals surface area contributed by atoms with Crippen LogP contribution in [0.1, 0.15) is 29.4 Å². The molecule has 2 aliphatic heterocycles. The van der Waals surface area contributed by atoms with Gasteiger partial charge in [-0.25, -0.2) is 4.98 Å². The summed E-state index contributed by atoms with van der Waals surface area (Å²) in [5.74, 6) is 0.114. The molecular formula is C19H28N6O. The maximum absolute atomic E-state index is 13.2. The average molecular weight is 356 g/mol. The lowest BCUT2D eigenvalue weighted by Gasteiger charge is -2.37. The van der Waals surface area contributed by atoms with Crippen LogP contribution < -0.4 is 0 Å². The van der Waals surface area contributed by atoms with Crippen LogP contribution in [0.25, 0.3) is 11.0 Å². The summed E-state index contributed by atoms with van der Waals surface area (Å²) < 4.78 is 1.74. The molecule has 4 heterocycles. The van der Waals surface area contributed by atoms with Crippen LogP contribution in [0.15, 0.2) is 12.3 Å². The van der Waals surface area contributed by atoms with Gasteiger partial charge < -0.3 is 9.80 Å². The zero-order valence-corrected chi connectivity index (χ0v) is 16.0. The van der Waals surface area contributed by atoms with Crippen molar-refractivity contribution in [3.63, 3.8) is 0 Å². The van der Waals surface area contributed by atoms with Crippen molar-refractivity contribution < 1.29 is 4.79 Å². The van der Waals surface area contributed by atoms with E-state index in [-0.39, 0.29) is 5.91 Å². The Morgan fingerprint density at radius 2 is 2.00 bits per heavy atom. The molecule has 2 aromatic heterocycles. The Bertz CT molecular complexity index is 808. The first-order valence-electron chi connectivity index (χ1n) is 9.62. The molecule has 0 radical (unpaired) electrons. The van der Waals surface area contributed by atoms with Crippen LogP contribution in [-0.4, -0.2) is 87.2 Å². The molecule has 2 aromatic rings. The van der Waals surface area contributed by atoms with Gasteiger partial charge in [-0.15, -0.1) is 0 Å². The second-order valence-electron chi connectivity index (χ2n) is 7.48. The zero-order valence-electron chi connectivity index (χ0n) is 16.0. The summed E-state index contributed by atoms with van der Waals surface area (Å²) in [6, 6.07) is 2.39. The Balaban J connectivity index is 1.49. The van der Waals surface area contributed by atoms with Gasteiger partial charge in [-0.1, -0.05) is 6.92 Å². The lowest BCUT2D eigenvalue weighted by molar-refractivity contribution is 0.0747. The van der Waals surface area contributed by atoms with Crippen LogP contribution in [0.3, 0.4) is 0 Å². The normalized spacial score (nSPS) is 22.4. The topological polar surface area (TPSA) is 57.5 Å². The van der Waals surface area contributed by atoms with Crippen molar-refractivity contribution in [2.75, 3.05) is 45.8 Å². The molecule has 1 unspecified atom stereocenters. The molecule has 26 heavy (non-hydrogen) atoms. The molecule has 1 atom stereocenters. The predicted octanol–water partition coefficient (Wildman–Crippen LogP) is 1.13. The van der Waals surface area contributed by atoms with E-state index in [1.165, 1.54) is 0 Å². The maximum atomic E-state index is 13.2. The molecule has 7 nitrogen and oxygen atoms in total. The number of hydrogen-bond acceptors (Lipinski definition) is 5. The molecule has 2 aliphatic rings. The lowest BCUT2D eigenvalue weighted by Crippen LogP contribution is -2.51. The van der Waals surface area contributed by atoms with Gasteiger partial charge in [0.25, 0.3) is 5.91 Å². The summed E-state index contributed by atoms with van der Waals surface area (Å²) in [6.45, 7) is 11.5. The van der Waals surface area contributed by atoms with E-state index >= 15 is 0 Å². The fourth-order valence-electron chi connectivity index (χ4n) is 4.26. The number of aryl methyl sites for hydroxylation is 2. The molecule has 7 heteroatoms. The molecule has 1 amide bonds. The van der Waals surface area contributed by atoms with E-state index < -0.39 is 0 Å². The molecule has 4 rings (SSSR count). The molecule has 0 aromatic carbocycles. The highest BCUT2D eigenvalue weighted by molar-refractivity contribution is 6.05. The number of hydrogen-bond donors (Lipinski definition) is 0. The SMILES string of the molecule is CCN1CCN(C2CCN(C(=O)c3cc(C)nc4c3cnn4C)C2)CC1. The van der Waals surface area contributed by atoms with E-state index in [0.29, 0.717) is 6.04 Å². The average Bonchev–Trinajstić information content (AvgIpc) is 3.28. The number of aromatic nitrogens is 3. The summed E-state index contributed by atoms with van der Waals surface area (Å²) in [7, 11) is 1.87. The van der Waals surface area contributed by atoms with Gasteiger partial charge in [0.1, 0.15) is 0 Å². The van der Waals surface area contributed by atoms with E-state index in [0.717, 1.165) is 74.5 Å². The summed E-state index contributed by atoms with van der Waals surface area (Å²) in [5, 5.41) is 5.13. The standard InChI is InChI=1S/C19H28N6O/c1-4-23-7-9-24(10-8-23)15-5-6-25(13-15)19(26)16-11-14(2)21-18-17(16)12-20-22(18)3/h11-12,15H,4-10,13H2,1-3H3. The number of nitrogens with zero attached hydrogens (tertiary/aromatic N) is 6. The Labute approximate surface area is 154 Å². The molecule has 2 saturated heterocycles. The third-order valence-electron chi connectivity index (χ3n) is 5.88. The minimum absolute atomic E-state index is 0.114. The number of carbonyl (C=O) groups excluding carboxylic acids is 1. The van der Waals surface area contributed by atoms with E-state index in [2.05, 4.69) is 26.8 Å². The number of fused-ring (bicyclic) bond motifs is 1. The second kappa shape index (κ2) is 6.96. The van der Waals surface area contributed by atoms with E-state index in [4.69, 9.17) is 0 Å². The van der Waals surface area contributed by atoms with Gasteiger partial charge in [-0.3, -0.25) is 14.4 Å². The largest absolute Gasteiger partial charge is 0.337 e. The van der Waals surface area contributed by atoms with E-state index in [1.54, 1.807) is 10.9 Å². The van der Waals surface area contributed by atoms with Gasteiger partial charge in [-0.2, -0.15) is 5.10 Å². The molecule has 0 saturated carbocycles. The van der Waals surface area contributed by atoms with Gasteiger partial charge in [0.05, 0.1) is 17.1 Å². The fourth-order valence-corrected chi connectivity index (χ4v) is 4.26. The van der Waals surface area contributed by atoms with E-state index in [9.17, 15) is 4.79 Å². The van der Waals surface area contributed by atoms with Gasteiger partial charge in [-0.05, 0) is 26.0 Å². The van der Waals surface area contributed by atoms with Crippen molar-refractivity contribution in [3.05, 3.63) is 23.5 Å². The number of pyridine rings is 1. The van der Waals surface area contributed by atoms with Gasteiger partial charge in [0.2, 0.25) is 0 Å². The van der Waals surface area contributed by atoms with Crippen molar-refractivity contribution in [2.24, 2.45) is 7.05 Å². The fraction of sp³-hybridized carbons (Fsp3) is 0.632. The van der Waals surface area contributed by atoms with Crippen LogP contribution in [0.5, 0.6) is 0 Å². The quantitative estimate of drug-likeness (QED) is 0.825. The highest BCUT2D eigenvalue weighted by atomic mass is 16.2. The summed E-state index contributed by atoms with van der Waals surface area (Å²) >= 11 is 0. The first kappa shape index (κ1) is 17.4. The second-order valence-corrected chi connectivity index (χ2v) is 7.48. The highest BCUT2D eigenvalue weighted by Crippen LogP contribution is 2.23. The van der Waals surface area contributed by atoms with Crippen molar-refractivity contribution in [1.29, 1.82) is 0 Å². The first-order valence-corrected chi connectivity index (χ1v) is 9.62. The smallest absolute Gasteiger partial charge is 0.254 e. The van der Waals surface area contributed by atoms with Crippen molar-refractivity contribution in [2.45, 2.75) is 26.3 Å². The third kappa shape index (κ3) is 3.10. The molecule has 0 N–H and O–H groups in total. The highest BCUT2D eigenvalue weighted by Gasteiger charge is 2.33. The Hall–Kier alpha value is -1.99. The molecular weight excluding hydrogens is 328 g/mol. The van der Waals surface area contributed by atoms with Gasteiger partial charge in [0.15, 0.2) is 5.65 Å². The lowest BCUT2D eigenvalue weighted by atomic mass is 10.1. The Kier molecular flexibility index (Phi) is 4.67. The molecule has 0 aliphatic carbocycles. The van der Waals surface area contributed by atoms with Crippen molar-refractivity contribution in [1.82, 2.24) is 29.5 Å². The predicted molar refractivity (Wildman–Crippen MR) is 101 cm³/mol. The summed E-state index contributed by atoms with van der Waals surface area (Å²) in [6.07, 6.45) is 2.82. The summed E-state index contributed by atoms with van der Waals surface area (Å²) in [5.41, 5.74) is 2.37. The van der Waals surface area contributed by atoms with Gasteiger partial charge in [0, 0.05) is 58.1 Å². The number of piperazine rings is 1. The van der Waals surface area contributed by atoms with Crippen LogP contribution in [0.4, 0.5) is 0 Å². The molecule has 140 valence electrons. The Morgan fingerprint density at radius 1 is 1.23 bits per heavy atom. The number of amides is 1. The number of likely N-dealkylation sites (N-methyl/N-ethyl adjacent to an activating group) is 1. The van der Waals surface area contributed by atoms with Crippen LogP contribution >= 0.6 is 0 Å². The van der Waals surface area contributed by atoms with Crippen LogP contribution in [-0.2, 0) is 7.05 Å². The Morgan fingerprint density at radius 3 is 2.73 bits per heavy atom. The summed E-state index contributed by atoms with van der Waals surface area (Å²) in [4.78, 5) is 24.8. The molecule has 0 bridgehead atoms. The molecule has 2 fully saturated rings. The maximum Gasteiger partial charge on any atom is 0.254 e. The minimum atomic E-state index is 0.114. The third-order valence-corrected chi connectivity index (χ3v) is 5.88. The minimum Gasteiger partial charge on any atom is -0.337 e. The van der Waals surface area contributed by atoms with Crippen LogP contribution in [0.2, 0.25) is 0 Å². The number of rotatable bonds is 3. The molecule has 0 spiro atoms. The van der Waals surface area contributed by atoms with Crippen molar-refractivity contribution in [3.8, 4) is 0 Å². The number of likely N-dealkylation sites (tertiary alicyclic amines) is 1. The zero-order chi connectivity index (χ0) is 18.3. The first-order chi connectivity index (χ1) is 12.6. The van der Waals surface area contributed by atoms with Crippen LogP contribution in [0, 0.1) is 6.92 Å². The monoisotopic (exact) mass is 356 g/mol. The number of carbonyl (C=O) groups is 1. The van der Waals surface area contributed by atoms with E-state index in [1.807, 2.05) is 24.9 Å².